The van der Waals surface area contributed by atoms with Crippen LogP contribution in [0, 0.1) is 12.7 Å². The Morgan fingerprint density at radius 2 is 1.55 bits per heavy atom. The highest BCUT2D eigenvalue weighted by molar-refractivity contribution is 7.89. The van der Waals surface area contributed by atoms with Crippen LogP contribution in [0.15, 0.2) is 113 Å². The Hall–Kier alpha value is -4.87. The number of benzene rings is 4. The molecule has 0 atom stereocenters. The first-order chi connectivity index (χ1) is 20.2. The molecule has 0 aromatic heterocycles. The molecule has 11 heteroatoms. The van der Waals surface area contributed by atoms with Crippen molar-refractivity contribution in [3.05, 3.63) is 126 Å². The lowest BCUT2D eigenvalue weighted by Crippen LogP contribution is -2.39. The number of hydrogen-bond donors (Lipinski definition) is 2. The van der Waals surface area contributed by atoms with Crippen molar-refractivity contribution in [1.29, 1.82) is 0 Å². The molecule has 0 aliphatic heterocycles. The largest absolute Gasteiger partial charge is 0.484 e. The van der Waals surface area contributed by atoms with E-state index >= 15 is 0 Å². The maximum Gasteiger partial charge on any atom is 0.262 e. The Kier molecular flexibility index (Phi) is 10.1. The highest BCUT2D eigenvalue weighted by atomic mass is 32.2. The molecular formula is C31H29FN4O5S. The molecule has 0 unspecified atom stereocenters. The van der Waals surface area contributed by atoms with Crippen molar-refractivity contribution >= 4 is 33.7 Å². The van der Waals surface area contributed by atoms with Gasteiger partial charge in [-0.3, -0.25) is 9.59 Å². The predicted molar refractivity (Wildman–Crippen MR) is 158 cm³/mol. The minimum atomic E-state index is -3.96. The first-order valence-corrected chi connectivity index (χ1v) is 14.3. The fourth-order valence-electron chi connectivity index (χ4n) is 3.78. The Morgan fingerprint density at radius 3 is 2.21 bits per heavy atom. The highest BCUT2D eigenvalue weighted by Crippen LogP contribution is 2.19. The first kappa shape index (κ1) is 30.1. The molecule has 0 saturated carbocycles. The Bertz CT molecular complexity index is 1630. The van der Waals surface area contributed by atoms with Gasteiger partial charge in [-0.05, 0) is 78.7 Å². The summed E-state index contributed by atoms with van der Waals surface area (Å²) in [7, 11) is -3.96. The van der Waals surface area contributed by atoms with Crippen LogP contribution in [0.3, 0.4) is 0 Å². The number of rotatable bonds is 12. The lowest BCUT2D eigenvalue weighted by atomic mass is 10.2. The van der Waals surface area contributed by atoms with E-state index in [4.69, 9.17) is 4.74 Å². The zero-order valence-corrected chi connectivity index (χ0v) is 23.6. The van der Waals surface area contributed by atoms with Crippen molar-refractivity contribution in [1.82, 2.24) is 9.73 Å². The van der Waals surface area contributed by atoms with Crippen molar-refractivity contribution in [3.8, 4) is 5.75 Å². The van der Waals surface area contributed by atoms with E-state index in [1.54, 1.807) is 60.7 Å². The van der Waals surface area contributed by atoms with Gasteiger partial charge in [0, 0.05) is 12.2 Å². The van der Waals surface area contributed by atoms with E-state index in [0.29, 0.717) is 17.0 Å². The van der Waals surface area contributed by atoms with Gasteiger partial charge in [-0.25, -0.2) is 18.2 Å². The second kappa shape index (κ2) is 14.2. The summed E-state index contributed by atoms with van der Waals surface area (Å²) in [6.45, 7) is 1.19. The van der Waals surface area contributed by atoms with Gasteiger partial charge in [-0.15, -0.1) is 0 Å². The quantitative estimate of drug-likeness (QED) is 0.187. The van der Waals surface area contributed by atoms with Crippen molar-refractivity contribution < 1.29 is 27.1 Å². The number of anilines is 1. The number of carbonyl (C=O) groups excluding carboxylic acids is 2. The third-order valence-corrected chi connectivity index (χ3v) is 7.77. The van der Waals surface area contributed by atoms with E-state index in [9.17, 15) is 22.4 Å². The SMILES string of the molecule is Cc1ccc(S(=O)(=O)N(CC(=O)N/N=C/c2ccc(OCC(=O)Nc3ccc(F)cc3)cc2)Cc2ccccc2)cc1. The summed E-state index contributed by atoms with van der Waals surface area (Å²) in [6.07, 6.45) is 1.40. The standard InChI is InChI=1S/C31H29FN4O5S/c1-23-7-17-29(18-8-23)42(39,40)36(20-25-5-3-2-4-6-25)21-30(37)35-33-19-24-9-15-28(16-10-24)41-22-31(38)34-27-13-11-26(32)12-14-27/h2-19H,20-22H2,1H3,(H,34,38)(H,35,37)/b33-19+. The van der Waals surface area contributed by atoms with Gasteiger partial charge in [0.25, 0.3) is 11.8 Å². The van der Waals surface area contributed by atoms with E-state index in [-0.39, 0.29) is 18.0 Å². The third-order valence-electron chi connectivity index (χ3n) is 5.96. The van der Waals surface area contributed by atoms with Gasteiger partial charge in [0.05, 0.1) is 17.7 Å². The lowest BCUT2D eigenvalue weighted by Gasteiger charge is -2.21. The molecule has 0 aliphatic rings. The fourth-order valence-corrected chi connectivity index (χ4v) is 5.16. The van der Waals surface area contributed by atoms with E-state index in [1.165, 1.54) is 42.6 Å². The third kappa shape index (κ3) is 8.82. The van der Waals surface area contributed by atoms with Crippen molar-refractivity contribution in [2.75, 3.05) is 18.5 Å². The summed E-state index contributed by atoms with van der Waals surface area (Å²) in [5.74, 6) is -0.975. The van der Waals surface area contributed by atoms with Crippen molar-refractivity contribution in [3.63, 3.8) is 0 Å². The molecule has 0 radical (unpaired) electrons. The number of ether oxygens (including phenoxy) is 1. The predicted octanol–water partition coefficient (Wildman–Crippen LogP) is 4.49. The van der Waals surface area contributed by atoms with Crippen molar-refractivity contribution in [2.24, 2.45) is 5.10 Å². The topological polar surface area (TPSA) is 117 Å². The van der Waals surface area contributed by atoms with Gasteiger partial charge in [-0.2, -0.15) is 9.41 Å². The Morgan fingerprint density at radius 1 is 0.881 bits per heavy atom. The molecule has 216 valence electrons. The second-order valence-electron chi connectivity index (χ2n) is 9.28. The van der Waals surface area contributed by atoms with Gasteiger partial charge >= 0.3 is 0 Å². The Balaban J connectivity index is 1.32. The van der Waals surface area contributed by atoms with Gasteiger partial charge < -0.3 is 10.1 Å². The molecule has 0 spiro atoms. The molecule has 0 aliphatic carbocycles. The highest BCUT2D eigenvalue weighted by Gasteiger charge is 2.26. The molecule has 2 amide bonds. The summed E-state index contributed by atoms with van der Waals surface area (Å²) in [4.78, 5) is 24.8. The normalized spacial score (nSPS) is 11.4. The van der Waals surface area contributed by atoms with Crippen LogP contribution in [0.5, 0.6) is 5.75 Å². The molecule has 0 heterocycles. The first-order valence-electron chi connectivity index (χ1n) is 12.9. The number of sulfonamides is 1. The molecule has 0 saturated heterocycles. The number of hydrazone groups is 1. The molecule has 0 bridgehead atoms. The maximum absolute atomic E-state index is 13.4. The van der Waals surface area contributed by atoms with Gasteiger partial charge in [0.15, 0.2) is 6.61 Å². The average molecular weight is 589 g/mol. The minimum absolute atomic E-state index is 0.0115. The fraction of sp³-hybridized carbons (Fsp3) is 0.129. The van der Waals surface area contributed by atoms with E-state index in [2.05, 4.69) is 15.8 Å². The van der Waals surface area contributed by atoms with Crippen LogP contribution in [0.4, 0.5) is 10.1 Å². The molecule has 4 rings (SSSR count). The monoisotopic (exact) mass is 588 g/mol. The van der Waals surface area contributed by atoms with Crippen LogP contribution in [0.2, 0.25) is 0 Å². The number of carbonyl (C=O) groups is 2. The molecule has 4 aromatic carbocycles. The van der Waals surface area contributed by atoms with Crippen molar-refractivity contribution in [2.45, 2.75) is 18.4 Å². The van der Waals surface area contributed by atoms with E-state index in [0.717, 1.165) is 15.4 Å². The smallest absolute Gasteiger partial charge is 0.262 e. The van der Waals surface area contributed by atoms with Gasteiger partial charge in [-0.1, -0.05) is 48.0 Å². The summed E-state index contributed by atoms with van der Waals surface area (Å²) in [6, 6.07) is 27.4. The number of hydrogen-bond acceptors (Lipinski definition) is 6. The minimum Gasteiger partial charge on any atom is -0.484 e. The number of halogens is 1. The second-order valence-corrected chi connectivity index (χ2v) is 11.2. The number of nitrogens with one attached hydrogen (secondary N) is 2. The summed E-state index contributed by atoms with van der Waals surface area (Å²) in [5, 5.41) is 6.55. The lowest BCUT2D eigenvalue weighted by molar-refractivity contribution is -0.121. The van der Waals surface area contributed by atoms with E-state index in [1.807, 2.05) is 13.0 Å². The van der Waals surface area contributed by atoms with Gasteiger partial charge in [0.1, 0.15) is 11.6 Å². The average Bonchev–Trinajstić information content (AvgIpc) is 2.98. The zero-order chi connectivity index (χ0) is 30.0. The Labute approximate surface area is 243 Å². The zero-order valence-electron chi connectivity index (χ0n) is 22.7. The van der Waals surface area contributed by atoms with E-state index < -0.39 is 34.2 Å². The van der Waals surface area contributed by atoms with Crippen LogP contribution in [0.1, 0.15) is 16.7 Å². The van der Waals surface area contributed by atoms with Crippen LogP contribution in [0.25, 0.3) is 0 Å². The maximum atomic E-state index is 13.4. The molecule has 42 heavy (non-hydrogen) atoms. The molecule has 2 N–H and O–H groups in total. The molecule has 9 nitrogen and oxygen atoms in total. The molecule has 0 fully saturated rings. The summed E-state index contributed by atoms with van der Waals surface area (Å²) in [5.41, 5.74) is 5.12. The number of aryl methyl sites for hydroxylation is 1. The van der Waals surface area contributed by atoms with Crippen LogP contribution in [-0.2, 0) is 26.2 Å². The number of nitrogens with zero attached hydrogens (tertiary/aromatic N) is 2. The van der Waals surface area contributed by atoms with Crippen LogP contribution >= 0.6 is 0 Å². The number of amides is 2. The molecular weight excluding hydrogens is 559 g/mol. The molecule has 4 aromatic rings. The van der Waals surface area contributed by atoms with Gasteiger partial charge in [0.2, 0.25) is 10.0 Å². The summed E-state index contributed by atoms with van der Waals surface area (Å²) < 4.78 is 46.3. The van der Waals surface area contributed by atoms with Crippen LogP contribution in [-0.4, -0.2) is 43.9 Å². The summed E-state index contributed by atoms with van der Waals surface area (Å²) >= 11 is 0. The van der Waals surface area contributed by atoms with Crippen LogP contribution < -0.4 is 15.5 Å².